The highest BCUT2D eigenvalue weighted by molar-refractivity contribution is 9.08. The standard InChI is InChI=1S/C15H15BrO2/c1-17-14-6-4-13(5-7-14)11-18-15-8-2-12(10-16)3-9-15/h2-9H,10-11H2,1H3. The van der Waals surface area contributed by atoms with Gasteiger partial charge in [0.15, 0.2) is 0 Å². The second-order valence-electron chi connectivity index (χ2n) is 3.91. The van der Waals surface area contributed by atoms with Crippen LogP contribution in [0, 0.1) is 0 Å². The number of ether oxygens (including phenoxy) is 2. The summed E-state index contributed by atoms with van der Waals surface area (Å²) in [5.74, 6) is 1.75. The Labute approximate surface area is 116 Å². The Kier molecular flexibility index (Phi) is 4.65. The second-order valence-corrected chi connectivity index (χ2v) is 4.48. The molecule has 94 valence electrons. The quantitative estimate of drug-likeness (QED) is 0.772. The molecule has 0 aliphatic carbocycles. The molecule has 0 saturated carbocycles. The molecule has 0 atom stereocenters. The molecule has 2 aromatic rings. The highest BCUT2D eigenvalue weighted by Gasteiger charge is 1.97. The third-order valence-electron chi connectivity index (χ3n) is 2.64. The average molecular weight is 307 g/mol. The summed E-state index contributed by atoms with van der Waals surface area (Å²) in [4.78, 5) is 0. The van der Waals surface area contributed by atoms with E-state index in [1.165, 1.54) is 5.56 Å². The SMILES string of the molecule is COc1ccc(COc2ccc(CBr)cc2)cc1. The van der Waals surface area contributed by atoms with Crippen molar-refractivity contribution in [3.05, 3.63) is 59.7 Å². The van der Waals surface area contributed by atoms with Crippen molar-refractivity contribution in [1.82, 2.24) is 0 Å². The second kappa shape index (κ2) is 6.45. The van der Waals surface area contributed by atoms with Crippen molar-refractivity contribution in [1.29, 1.82) is 0 Å². The molecule has 0 aliphatic rings. The Morgan fingerprint density at radius 3 is 1.94 bits per heavy atom. The fourth-order valence-electron chi connectivity index (χ4n) is 1.56. The molecule has 0 aromatic heterocycles. The van der Waals surface area contributed by atoms with Crippen LogP contribution in [-0.2, 0) is 11.9 Å². The highest BCUT2D eigenvalue weighted by atomic mass is 79.9. The summed E-state index contributed by atoms with van der Waals surface area (Å²) in [7, 11) is 1.66. The minimum absolute atomic E-state index is 0.567. The molecule has 0 radical (unpaired) electrons. The Balaban J connectivity index is 1.93. The first-order chi connectivity index (χ1) is 8.81. The zero-order valence-electron chi connectivity index (χ0n) is 10.2. The highest BCUT2D eigenvalue weighted by Crippen LogP contribution is 2.17. The molecule has 0 fully saturated rings. The Morgan fingerprint density at radius 1 is 0.833 bits per heavy atom. The number of halogens is 1. The Hall–Kier alpha value is -1.48. The summed E-state index contributed by atoms with van der Waals surface area (Å²) < 4.78 is 10.8. The van der Waals surface area contributed by atoms with Gasteiger partial charge in [-0.05, 0) is 35.4 Å². The lowest BCUT2D eigenvalue weighted by Gasteiger charge is -2.07. The fourth-order valence-corrected chi connectivity index (χ4v) is 1.94. The van der Waals surface area contributed by atoms with Crippen molar-refractivity contribution in [2.45, 2.75) is 11.9 Å². The molecule has 0 amide bonds. The lowest BCUT2D eigenvalue weighted by molar-refractivity contribution is 0.306. The van der Waals surface area contributed by atoms with Gasteiger partial charge < -0.3 is 9.47 Å². The van der Waals surface area contributed by atoms with E-state index in [1.807, 2.05) is 36.4 Å². The van der Waals surface area contributed by atoms with E-state index in [0.717, 1.165) is 22.4 Å². The van der Waals surface area contributed by atoms with Gasteiger partial charge in [0, 0.05) is 5.33 Å². The van der Waals surface area contributed by atoms with Gasteiger partial charge in [0.2, 0.25) is 0 Å². The van der Waals surface area contributed by atoms with E-state index in [9.17, 15) is 0 Å². The van der Waals surface area contributed by atoms with Gasteiger partial charge in [0.25, 0.3) is 0 Å². The molecule has 2 aromatic carbocycles. The number of rotatable bonds is 5. The van der Waals surface area contributed by atoms with E-state index in [4.69, 9.17) is 9.47 Å². The largest absolute Gasteiger partial charge is 0.497 e. The molecule has 0 bridgehead atoms. The van der Waals surface area contributed by atoms with Gasteiger partial charge in [-0.15, -0.1) is 0 Å². The van der Waals surface area contributed by atoms with Gasteiger partial charge in [-0.2, -0.15) is 0 Å². The van der Waals surface area contributed by atoms with Crippen molar-refractivity contribution in [3.63, 3.8) is 0 Å². The third kappa shape index (κ3) is 3.50. The van der Waals surface area contributed by atoms with Gasteiger partial charge >= 0.3 is 0 Å². The molecule has 0 saturated heterocycles. The van der Waals surface area contributed by atoms with Crippen molar-refractivity contribution in [2.75, 3.05) is 7.11 Å². The number of benzene rings is 2. The first-order valence-electron chi connectivity index (χ1n) is 5.72. The molecule has 0 heterocycles. The van der Waals surface area contributed by atoms with Crippen LogP contribution in [0.15, 0.2) is 48.5 Å². The van der Waals surface area contributed by atoms with Gasteiger partial charge in [-0.25, -0.2) is 0 Å². The zero-order chi connectivity index (χ0) is 12.8. The Morgan fingerprint density at radius 2 is 1.39 bits per heavy atom. The van der Waals surface area contributed by atoms with E-state index in [2.05, 4.69) is 28.1 Å². The van der Waals surface area contributed by atoms with E-state index >= 15 is 0 Å². The fraction of sp³-hybridized carbons (Fsp3) is 0.200. The van der Waals surface area contributed by atoms with E-state index < -0.39 is 0 Å². The molecule has 0 unspecified atom stereocenters. The first-order valence-corrected chi connectivity index (χ1v) is 6.84. The maximum absolute atomic E-state index is 5.71. The number of methoxy groups -OCH3 is 1. The monoisotopic (exact) mass is 306 g/mol. The van der Waals surface area contributed by atoms with E-state index in [-0.39, 0.29) is 0 Å². The van der Waals surface area contributed by atoms with Crippen LogP contribution in [0.4, 0.5) is 0 Å². The summed E-state index contributed by atoms with van der Waals surface area (Å²) >= 11 is 3.42. The normalized spacial score (nSPS) is 10.1. The smallest absolute Gasteiger partial charge is 0.119 e. The summed E-state index contributed by atoms with van der Waals surface area (Å²) in [5, 5.41) is 0.867. The maximum Gasteiger partial charge on any atom is 0.119 e. The molecule has 3 heteroatoms. The minimum Gasteiger partial charge on any atom is -0.497 e. The van der Waals surface area contributed by atoms with Crippen LogP contribution in [0.25, 0.3) is 0 Å². The third-order valence-corrected chi connectivity index (χ3v) is 3.29. The summed E-state index contributed by atoms with van der Waals surface area (Å²) in [5.41, 5.74) is 2.37. The topological polar surface area (TPSA) is 18.5 Å². The molecule has 2 nitrogen and oxygen atoms in total. The van der Waals surface area contributed by atoms with Gasteiger partial charge in [0.05, 0.1) is 7.11 Å². The van der Waals surface area contributed by atoms with Crippen LogP contribution in [0.5, 0.6) is 11.5 Å². The van der Waals surface area contributed by atoms with Crippen LogP contribution in [0.3, 0.4) is 0 Å². The van der Waals surface area contributed by atoms with E-state index in [0.29, 0.717) is 6.61 Å². The molecule has 0 aliphatic heterocycles. The minimum atomic E-state index is 0.567. The number of alkyl halides is 1. The molecule has 0 N–H and O–H groups in total. The predicted octanol–water partition coefficient (Wildman–Crippen LogP) is 4.17. The van der Waals surface area contributed by atoms with Crippen LogP contribution < -0.4 is 9.47 Å². The van der Waals surface area contributed by atoms with Crippen molar-refractivity contribution in [3.8, 4) is 11.5 Å². The summed E-state index contributed by atoms with van der Waals surface area (Å²) in [6.07, 6.45) is 0. The first kappa shape index (κ1) is 13.0. The zero-order valence-corrected chi connectivity index (χ0v) is 11.8. The summed E-state index contributed by atoms with van der Waals surface area (Å²) in [6.45, 7) is 0.567. The van der Waals surface area contributed by atoms with Gasteiger partial charge in [-0.1, -0.05) is 40.2 Å². The van der Waals surface area contributed by atoms with E-state index in [1.54, 1.807) is 7.11 Å². The summed E-state index contributed by atoms with van der Waals surface area (Å²) in [6, 6.07) is 16.0. The van der Waals surface area contributed by atoms with Crippen molar-refractivity contribution < 1.29 is 9.47 Å². The maximum atomic E-state index is 5.71. The van der Waals surface area contributed by atoms with Gasteiger partial charge in [0.1, 0.15) is 18.1 Å². The molecular weight excluding hydrogens is 292 g/mol. The number of hydrogen-bond acceptors (Lipinski definition) is 2. The molecule has 2 rings (SSSR count). The van der Waals surface area contributed by atoms with Crippen molar-refractivity contribution >= 4 is 15.9 Å². The van der Waals surface area contributed by atoms with Crippen LogP contribution in [0.2, 0.25) is 0 Å². The lowest BCUT2D eigenvalue weighted by Crippen LogP contribution is -1.95. The van der Waals surface area contributed by atoms with Gasteiger partial charge in [-0.3, -0.25) is 0 Å². The Bertz CT molecular complexity index is 429. The van der Waals surface area contributed by atoms with Crippen LogP contribution in [0.1, 0.15) is 11.1 Å². The predicted molar refractivity (Wildman–Crippen MR) is 76.4 cm³/mol. The van der Waals surface area contributed by atoms with Crippen LogP contribution in [-0.4, -0.2) is 7.11 Å². The van der Waals surface area contributed by atoms with Crippen LogP contribution >= 0.6 is 15.9 Å². The van der Waals surface area contributed by atoms with Crippen molar-refractivity contribution in [2.24, 2.45) is 0 Å². The molecule has 18 heavy (non-hydrogen) atoms. The molecule has 0 spiro atoms. The average Bonchev–Trinajstić information content (AvgIpc) is 2.46. The number of hydrogen-bond donors (Lipinski definition) is 0. The molecular formula is C15H15BrO2. The lowest BCUT2D eigenvalue weighted by atomic mass is 10.2.